The van der Waals surface area contributed by atoms with Crippen LogP contribution in [0.3, 0.4) is 0 Å². The van der Waals surface area contributed by atoms with Crippen molar-refractivity contribution in [1.82, 2.24) is 13.8 Å². The summed E-state index contributed by atoms with van der Waals surface area (Å²) in [6, 6.07) is 10.3. The predicted octanol–water partition coefficient (Wildman–Crippen LogP) is 4.41. The molecule has 0 bridgehead atoms. The van der Waals surface area contributed by atoms with Gasteiger partial charge in [-0.05, 0) is 54.9 Å². The molecule has 1 aliphatic rings. The number of benzene rings is 2. The topological polar surface area (TPSA) is 62.6 Å². The third-order valence-electron chi connectivity index (χ3n) is 6.16. The Balaban J connectivity index is 1.91. The van der Waals surface area contributed by atoms with E-state index in [1.54, 1.807) is 17.0 Å². The van der Waals surface area contributed by atoms with Gasteiger partial charge in [0, 0.05) is 31.6 Å². The standard InChI is InChI=1S/C24H26F3N3O3S/c1-16(2)17-7-8-21-18(13-17)14-22(23(31)29-11-9-28(3)10-12-29)30(21)34(32,33)20-6-4-5-19(15-20)24(25,26)27/h4-8,13-16H,9-12H2,1-3H3. The molecule has 0 atom stereocenters. The van der Waals surface area contributed by atoms with Crippen LogP contribution < -0.4 is 0 Å². The Morgan fingerprint density at radius 3 is 2.26 bits per heavy atom. The first kappa shape index (κ1) is 24.3. The number of amides is 1. The van der Waals surface area contributed by atoms with Gasteiger partial charge < -0.3 is 9.80 Å². The number of alkyl halides is 3. The van der Waals surface area contributed by atoms with E-state index in [1.807, 2.05) is 27.0 Å². The van der Waals surface area contributed by atoms with Crippen molar-refractivity contribution in [3.8, 4) is 0 Å². The molecular weight excluding hydrogens is 467 g/mol. The van der Waals surface area contributed by atoms with Crippen LogP contribution >= 0.6 is 0 Å². The summed E-state index contributed by atoms with van der Waals surface area (Å²) in [6.45, 7) is 6.13. The van der Waals surface area contributed by atoms with Crippen LogP contribution in [0.2, 0.25) is 0 Å². The van der Waals surface area contributed by atoms with E-state index in [0.29, 0.717) is 37.6 Å². The molecule has 6 nitrogen and oxygen atoms in total. The van der Waals surface area contributed by atoms with E-state index in [2.05, 4.69) is 4.90 Å². The van der Waals surface area contributed by atoms with E-state index in [4.69, 9.17) is 0 Å². The number of halogens is 3. The molecule has 0 aliphatic carbocycles. The minimum Gasteiger partial charge on any atom is -0.335 e. The Labute approximate surface area is 196 Å². The van der Waals surface area contributed by atoms with Crippen molar-refractivity contribution in [2.24, 2.45) is 0 Å². The van der Waals surface area contributed by atoms with Gasteiger partial charge in [-0.15, -0.1) is 0 Å². The molecule has 1 aliphatic heterocycles. The van der Waals surface area contributed by atoms with Crippen LogP contribution in [0.1, 0.15) is 41.4 Å². The van der Waals surface area contributed by atoms with Gasteiger partial charge >= 0.3 is 6.18 Å². The zero-order valence-corrected chi connectivity index (χ0v) is 19.9. The number of rotatable bonds is 4. The first-order chi connectivity index (χ1) is 15.9. The molecule has 34 heavy (non-hydrogen) atoms. The van der Waals surface area contributed by atoms with E-state index in [-0.39, 0.29) is 17.1 Å². The normalized spacial score (nSPS) is 15.9. The van der Waals surface area contributed by atoms with Gasteiger partial charge in [0.1, 0.15) is 5.69 Å². The van der Waals surface area contributed by atoms with Crippen LogP contribution in [0.15, 0.2) is 53.4 Å². The zero-order valence-electron chi connectivity index (χ0n) is 19.1. The Kier molecular flexibility index (Phi) is 6.24. The average Bonchev–Trinajstić information content (AvgIpc) is 3.18. The Bertz CT molecular complexity index is 1340. The fraction of sp³-hybridized carbons (Fsp3) is 0.375. The molecule has 182 valence electrons. The fourth-order valence-electron chi connectivity index (χ4n) is 4.09. The number of aromatic nitrogens is 1. The maximum Gasteiger partial charge on any atom is 0.416 e. The molecular formula is C24H26F3N3O3S. The molecule has 3 aromatic rings. The van der Waals surface area contributed by atoms with E-state index in [1.165, 1.54) is 6.07 Å². The van der Waals surface area contributed by atoms with Crippen LogP contribution in [0.4, 0.5) is 13.2 Å². The lowest BCUT2D eigenvalue weighted by Crippen LogP contribution is -2.47. The Hall–Kier alpha value is -2.85. The van der Waals surface area contributed by atoms with Crippen molar-refractivity contribution in [1.29, 1.82) is 0 Å². The first-order valence-electron chi connectivity index (χ1n) is 11.0. The molecule has 4 rings (SSSR count). The van der Waals surface area contributed by atoms with Gasteiger partial charge in [0.15, 0.2) is 0 Å². The molecule has 0 unspecified atom stereocenters. The van der Waals surface area contributed by atoms with Crippen molar-refractivity contribution in [2.75, 3.05) is 33.2 Å². The van der Waals surface area contributed by atoms with Crippen molar-refractivity contribution >= 4 is 26.8 Å². The van der Waals surface area contributed by atoms with E-state index >= 15 is 0 Å². The number of nitrogens with zero attached hydrogens (tertiary/aromatic N) is 3. The van der Waals surface area contributed by atoms with Crippen molar-refractivity contribution in [3.63, 3.8) is 0 Å². The average molecular weight is 494 g/mol. The Morgan fingerprint density at radius 1 is 0.971 bits per heavy atom. The summed E-state index contributed by atoms with van der Waals surface area (Å²) < 4.78 is 68.1. The smallest absolute Gasteiger partial charge is 0.335 e. The van der Waals surface area contributed by atoms with Crippen LogP contribution in [0, 0.1) is 0 Å². The van der Waals surface area contributed by atoms with Crippen LogP contribution in [-0.4, -0.2) is 61.3 Å². The number of hydrogen-bond donors (Lipinski definition) is 0. The minimum atomic E-state index is -4.70. The second-order valence-electron chi connectivity index (χ2n) is 8.89. The highest BCUT2D eigenvalue weighted by Gasteiger charge is 2.34. The lowest BCUT2D eigenvalue weighted by Gasteiger charge is -2.32. The largest absolute Gasteiger partial charge is 0.416 e. The second kappa shape index (κ2) is 8.74. The maximum absolute atomic E-state index is 13.7. The third kappa shape index (κ3) is 4.44. The lowest BCUT2D eigenvalue weighted by atomic mass is 10.0. The molecule has 0 radical (unpaired) electrons. The lowest BCUT2D eigenvalue weighted by molar-refractivity contribution is -0.137. The zero-order chi connectivity index (χ0) is 24.8. The van der Waals surface area contributed by atoms with Gasteiger partial charge in [0.2, 0.25) is 0 Å². The number of hydrogen-bond acceptors (Lipinski definition) is 4. The highest BCUT2D eigenvalue weighted by Crippen LogP contribution is 2.33. The maximum atomic E-state index is 13.7. The summed E-state index contributed by atoms with van der Waals surface area (Å²) in [5.74, 6) is -0.296. The molecule has 1 saturated heterocycles. The second-order valence-corrected chi connectivity index (χ2v) is 10.7. The number of piperazine rings is 1. The molecule has 0 spiro atoms. The highest BCUT2D eigenvalue weighted by atomic mass is 32.2. The summed E-state index contributed by atoms with van der Waals surface area (Å²) in [7, 11) is -2.57. The molecule has 1 aromatic heterocycles. The molecule has 2 aromatic carbocycles. The minimum absolute atomic E-state index is 0.0853. The summed E-state index contributed by atoms with van der Waals surface area (Å²) in [4.78, 5) is 16.6. The van der Waals surface area contributed by atoms with Gasteiger partial charge in [-0.1, -0.05) is 26.0 Å². The summed E-state index contributed by atoms with van der Waals surface area (Å²) >= 11 is 0. The molecule has 1 fully saturated rings. The van der Waals surface area contributed by atoms with Crippen LogP contribution in [0.25, 0.3) is 10.9 Å². The quantitative estimate of drug-likeness (QED) is 0.540. The van der Waals surface area contributed by atoms with Crippen molar-refractivity contribution < 1.29 is 26.4 Å². The van der Waals surface area contributed by atoms with Crippen LogP contribution in [-0.2, 0) is 16.2 Å². The molecule has 0 saturated carbocycles. The molecule has 10 heteroatoms. The number of carbonyl (C=O) groups excluding carboxylic acids is 1. The van der Waals surface area contributed by atoms with Gasteiger partial charge in [-0.25, -0.2) is 12.4 Å². The van der Waals surface area contributed by atoms with Crippen molar-refractivity contribution in [2.45, 2.75) is 30.8 Å². The van der Waals surface area contributed by atoms with E-state index in [0.717, 1.165) is 27.7 Å². The number of carbonyl (C=O) groups is 1. The molecule has 0 N–H and O–H groups in total. The highest BCUT2D eigenvalue weighted by molar-refractivity contribution is 7.90. The SMILES string of the molecule is CC(C)c1ccc2c(c1)cc(C(=O)N1CCN(C)CC1)n2S(=O)(=O)c1cccc(C(F)(F)F)c1. The molecule has 2 heterocycles. The first-order valence-corrected chi connectivity index (χ1v) is 12.4. The predicted molar refractivity (Wildman–Crippen MR) is 123 cm³/mol. The number of likely N-dealkylation sites (N-methyl/N-ethyl adjacent to an activating group) is 1. The van der Waals surface area contributed by atoms with Crippen LogP contribution in [0.5, 0.6) is 0 Å². The monoisotopic (exact) mass is 493 g/mol. The summed E-state index contributed by atoms with van der Waals surface area (Å²) in [5, 5.41) is 0.541. The summed E-state index contributed by atoms with van der Waals surface area (Å²) in [5.41, 5.74) is 0.0518. The third-order valence-corrected chi connectivity index (χ3v) is 7.88. The van der Waals surface area contributed by atoms with Gasteiger partial charge in [-0.2, -0.15) is 13.2 Å². The van der Waals surface area contributed by atoms with Crippen molar-refractivity contribution in [3.05, 3.63) is 65.4 Å². The molecule has 1 amide bonds. The Morgan fingerprint density at radius 2 is 1.65 bits per heavy atom. The fourth-order valence-corrected chi connectivity index (χ4v) is 5.64. The van der Waals surface area contributed by atoms with Gasteiger partial charge in [0.05, 0.1) is 16.0 Å². The van der Waals surface area contributed by atoms with E-state index in [9.17, 15) is 26.4 Å². The summed E-state index contributed by atoms with van der Waals surface area (Å²) in [6.07, 6.45) is -4.70. The van der Waals surface area contributed by atoms with Gasteiger partial charge in [0.25, 0.3) is 15.9 Å². The van der Waals surface area contributed by atoms with E-state index < -0.39 is 32.6 Å². The number of fused-ring (bicyclic) bond motifs is 1. The van der Waals surface area contributed by atoms with Gasteiger partial charge in [-0.3, -0.25) is 4.79 Å².